The quantitative estimate of drug-likeness (QED) is 0.839. The summed E-state index contributed by atoms with van der Waals surface area (Å²) >= 11 is 0. The van der Waals surface area contributed by atoms with Crippen molar-refractivity contribution < 1.29 is 14.6 Å². The summed E-state index contributed by atoms with van der Waals surface area (Å²) in [5.74, 6) is 0.712. The monoisotopic (exact) mass is 233 g/mol. The number of aromatic carboxylic acids is 1. The molecule has 0 unspecified atom stereocenters. The second kappa shape index (κ2) is 3.44. The lowest BCUT2D eigenvalue weighted by Gasteiger charge is -2.01. The van der Waals surface area contributed by atoms with E-state index in [1.165, 1.54) is 13.2 Å². The molecule has 0 amide bonds. The number of nitrogens with one attached hydrogen (secondary N) is 1. The number of carbonyl (C=O) groups is 1. The molecule has 88 valence electrons. The first-order valence-corrected chi connectivity index (χ1v) is 5.37. The molecule has 1 aliphatic carbocycles. The molecule has 1 fully saturated rings. The van der Waals surface area contributed by atoms with Crippen molar-refractivity contribution in [2.45, 2.75) is 18.8 Å². The summed E-state index contributed by atoms with van der Waals surface area (Å²) in [7, 11) is 1.50. The minimum atomic E-state index is -1.08. The maximum Gasteiger partial charge on any atom is 0.354 e. The number of aromatic amines is 1. The summed E-state index contributed by atoms with van der Waals surface area (Å²) in [4.78, 5) is 22.4. The van der Waals surface area contributed by atoms with Crippen LogP contribution in [0, 0.1) is 0 Å². The van der Waals surface area contributed by atoms with Gasteiger partial charge in [-0.05, 0) is 12.8 Å². The Hall–Kier alpha value is -2.11. The number of hydrogen-bond donors (Lipinski definition) is 2. The van der Waals surface area contributed by atoms with Crippen molar-refractivity contribution in [3.05, 3.63) is 17.6 Å². The minimum Gasteiger partial charge on any atom is -0.494 e. The minimum absolute atomic E-state index is 0.0526. The van der Waals surface area contributed by atoms with Gasteiger partial charge in [0.2, 0.25) is 0 Å². The number of carboxylic acid groups (broad SMARTS) is 1. The largest absolute Gasteiger partial charge is 0.494 e. The van der Waals surface area contributed by atoms with Crippen LogP contribution < -0.4 is 4.74 Å². The number of nitrogens with zero attached hydrogens (tertiary/aromatic N) is 2. The highest BCUT2D eigenvalue weighted by atomic mass is 16.5. The highest BCUT2D eigenvalue weighted by Crippen LogP contribution is 2.39. The first-order chi connectivity index (χ1) is 8.19. The summed E-state index contributed by atoms with van der Waals surface area (Å²) in [6.45, 7) is 0. The van der Waals surface area contributed by atoms with Gasteiger partial charge in [0.25, 0.3) is 0 Å². The lowest BCUT2D eigenvalue weighted by molar-refractivity contribution is 0.0690. The van der Waals surface area contributed by atoms with E-state index >= 15 is 0 Å². The molecule has 17 heavy (non-hydrogen) atoms. The molecular formula is C11H11N3O3. The highest BCUT2D eigenvalue weighted by Gasteiger charge is 2.28. The van der Waals surface area contributed by atoms with Gasteiger partial charge in [-0.1, -0.05) is 0 Å². The number of ether oxygens (including phenoxy) is 1. The standard InChI is InChI=1S/C11H11N3O3/c1-17-7-4-6(11(15)16)12-10-8(7)13-9(14-10)5-2-3-5/h4-5H,2-3H2,1H3,(H,15,16)(H,12,13,14). The van der Waals surface area contributed by atoms with Crippen LogP contribution >= 0.6 is 0 Å². The summed E-state index contributed by atoms with van der Waals surface area (Å²) in [5, 5.41) is 8.94. The van der Waals surface area contributed by atoms with Crippen LogP contribution in [0.2, 0.25) is 0 Å². The first-order valence-electron chi connectivity index (χ1n) is 5.37. The van der Waals surface area contributed by atoms with E-state index in [-0.39, 0.29) is 5.69 Å². The van der Waals surface area contributed by atoms with Crippen molar-refractivity contribution in [1.29, 1.82) is 0 Å². The van der Waals surface area contributed by atoms with E-state index in [9.17, 15) is 4.79 Å². The van der Waals surface area contributed by atoms with E-state index in [4.69, 9.17) is 9.84 Å². The average Bonchev–Trinajstić information content (AvgIpc) is 3.07. The van der Waals surface area contributed by atoms with Crippen LogP contribution in [0.4, 0.5) is 0 Å². The molecule has 2 heterocycles. The number of fused-ring (bicyclic) bond motifs is 1. The van der Waals surface area contributed by atoms with Crippen molar-refractivity contribution in [3.8, 4) is 5.75 Å². The van der Waals surface area contributed by atoms with Crippen LogP contribution in [0.1, 0.15) is 35.1 Å². The number of aromatic nitrogens is 3. The lowest BCUT2D eigenvalue weighted by atomic mass is 10.3. The molecule has 0 aromatic carbocycles. The molecule has 6 heteroatoms. The Bertz CT molecular complexity index is 601. The van der Waals surface area contributed by atoms with Crippen molar-refractivity contribution in [2.24, 2.45) is 0 Å². The molecule has 3 rings (SSSR count). The molecule has 0 bridgehead atoms. The second-order valence-corrected chi connectivity index (χ2v) is 4.11. The lowest BCUT2D eigenvalue weighted by Crippen LogP contribution is -2.01. The Balaban J connectivity index is 2.21. The number of hydrogen-bond acceptors (Lipinski definition) is 4. The summed E-state index contributed by atoms with van der Waals surface area (Å²) in [5.41, 5.74) is 1.02. The highest BCUT2D eigenvalue weighted by molar-refractivity contribution is 5.90. The van der Waals surface area contributed by atoms with Crippen LogP contribution in [-0.2, 0) is 0 Å². The summed E-state index contributed by atoms with van der Waals surface area (Å²) in [6, 6.07) is 1.40. The molecule has 1 saturated carbocycles. The van der Waals surface area contributed by atoms with Crippen LogP contribution in [0.5, 0.6) is 5.75 Å². The Labute approximate surface area is 96.6 Å². The molecule has 2 aromatic heterocycles. The first kappa shape index (κ1) is 10.1. The summed E-state index contributed by atoms with van der Waals surface area (Å²) < 4.78 is 5.16. The van der Waals surface area contributed by atoms with E-state index in [1.54, 1.807) is 0 Å². The zero-order chi connectivity index (χ0) is 12.0. The molecule has 0 radical (unpaired) electrons. The topological polar surface area (TPSA) is 88.1 Å². The Morgan fingerprint density at radius 3 is 2.88 bits per heavy atom. The number of imidazole rings is 1. The molecular weight excluding hydrogens is 222 g/mol. The Kier molecular flexibility index (Phi) is 2.04. The predicted octanol–water partition coefficient (Wildman–Crippen LogP) is 1.54. The van der Waals surface area contributed by atoms with Crippen molar-refractivity contribution in [1.82, 2.24) is 15.0 Å². The van der Waals surface area contributed by atoms with E-state index in [1.807, 2.05) is 0 Å². The maximum absolute atomic E-state index is 10.9. The number of methoxy groups -OCH3 is 1. The number of H-pyrrole nitrogens is 1. The molecule has 2 aromatic rings. The van der Waals surface area contributed by atoms with Gasteiger partial charge >= 0.3 is 5.97 Å². The van der Waals surface area contributed by atoms with Gasteiger partial charge in [-0.15, -0.1) is 0 Å². The molecule has 2 N–H and O–H groups in total. The molecule has 0 saturated heterocycles. The van der Waals surface area contributed by atoms with Gasteiger partial charge in [0.1, 0.15) is 17.1 Å². The number of pyridine rings is 1. The SMILES string of the molecule is COc1cc(C(=O)O)nc2nc(C3CC3)[nH]c12. The van der Waals surface area contributed by atoms with Crippen LogP contribution in [-0.4, -0.2) is 33.1 Å². The van der Waals surface area contributed by atoms with Crippen LogP contribution in [0.25, 0.3) is 11.2 Å². The smallest absolute Gasteiger partial charge is 0.354 e. The number of rotatable bonds is 3. The molecule has 6 nitrogen and oxygen atoms in total. The molecule has 0 atom stereocenters. The van der Waals surface area contributed by atoms with Gasteiger partial charge in [0.15, 0.2) is 11.3 Å². The van der Waals surface area contributed by atoms with E-state index in [0.29, 0.717) is 22.8 Å². The van der Waals surface area contributed by atoms with Crippen LogP contribution in [0.15, 0.2) is 6.07 Å². The maximum atomic E-state index is 10.9. The molecule has 1 aliphatic rings. The molecule has 0 aliphatic heterocycles. The zero-order valence-electron chi connectivity index (χ0n) is 9.23. The van der Waals surface area contributed by atoms with E-state index < -0.39 is 5.97 Å². The third-order valence-corrected chi connectivity index (χ3v) is 2.85. The summed E-state index contributed by atoms with van der Waals surface area (Å²) in [6.07, 6.45) is 2.24. The van der Waals surface area contributed by atoms with Gasteiger partial charge in [0, 0.05) is 12.0 Å². The normalized spacial score (nSPS) is 15.1. The zero-order valence-corrected chi connectivity index (χ0v) is 9.23. The molecule has 0 spiro atoms. The van der Waals surface area contributed by atoms with Gasteiger partial charge in [0.05, 0.1) is 7.11 Å². The fourth-order valence-corrected chi connectivity index (χ4v) is 1.80. The number of carboxylic acids is 1. The predicted molar refractivity (Wildman–Crippen MR) is 59.4 cm³/mol. The Morgan fingerprint density at radius 1 is 1.53 bits per heavy atom. The van der Waals surface area contributed by atoms with Crippen molar-refractivity contribution in [2.75, 3.05) is 7.11 Å². The fraction of sp³-hybridized carbons (Fsp3) is 0.364. The van der Waals surface area contributed by atoms with E-state index in [0.717, 1.165) is 18.7 Å². The second-order valence-electron chi connectivity index (χ2n) is 4.11. The third kappa shape index (κ3) is 1.61. The van der Waals surface area contributed by atoms with Crippen molar-refractivity contribution in [3.63, 3.8) is 0 Å². The Morgan fingerprint density at radius 2 is 2.29 bits per heavy atom. The van der Waals surface area contributed by atoms with Gasteiger partial charge in [-0.25, -0.2) is 14.8 Å². The van der Waals surface area contributed by atoms with Crippen LogP contribution in [0.3, 0.4) is 0 Å². The fourth-order valence-electron chi connectivity index (χ4n) is 1.80. The van der Waals surface area contributed by atoms with Crippen molar-refractivity contribution >= 4 is 17.1 Å². The van der Waals surface area contributed by atoms with Gasteiger partial charge in [-0.3, -0.25) is 0 Å². The van der Waals surface area contributed by atoms with Gasteiger partial charge < -0.3 is 14.8 Å². The third-order valence-electron chi connectivity index (χ3n) is 2.85. The van der Waals surface area contributed by atoms with E-state index in [2.05, 4.69) is 15.0 Å². The van der Waals surface area contributed by atoms with Gasteiger partial charge in [-0.2, -0.15) is 0 Å². The average molecular weight is 233 g/mol.